The van der Waals surface area contributed by atoms with E-state index < -0.39 is 5.41 Å². The fourth-order valence-corrected chi connectivity index (χ4v) is 3.33. The monoisotopic (exact) mass is 403 g/mol. The van der Waals surface area contributed by atoms with Crippen LogP contribution in [-0.2, 0) is 14.9 Å². The maximum Gasteiger partial charge on any atom is 0.235 e. The largest absolute Gasteiger partial charge is 0.493 e. The molecule has 0 saturated carbocycles. The number of amides is 1. The number of hydrogen-bond acceptors (Lipinski definition) is 3. The Balaban J connectivity index is 1.77. The van der Waals surface area contributed by atoms with Crippen molar-refractivity contribution >= 4 is 27.5 Å². The highest BCUT2D eigenvalue weighted by Gasteiger charge is 2.41. The second-order valence-corrected chi connectivity index (χ2v) is 6.87. The summed E-state index contributed by atoms with van der Waals surface area (Å²) < 4.78 is 11.0. The standard InChI is InChI=1S/C20H22BrNO3/c21-12-15-25-18-8-6-17(7-9-18)22-19(23)20(10-13-24-14-11-20)16-4-2-1-3-5-16/h1-9H,10-15H2,(H,22,23). The molecule has 0 unspecified atom stereocenters. The molecule has 0 atom stereocenters. The van der Waals surface area contributed by atoms with Crippen LogP contribution < -0.4 is 10.1 Å². The van der Waals surface area contributed by atoms with Gasteiger partial charge < -0.3 is 14.8 Å². The number of anilines is 1. The van der Waals surface area contributed by atoms with Crippen molar-refractivity contribution in [3.8, 4) is 5.75 Å². The van der Waals surface area contributed by atoms with Crippen LogP contribution in [0.25, 0.3) is 0 Å². The molecule has 0 radical (unpaired) electrons. The van der Waals surface area contributed by atoms with Crippen molar-refractivity contribution in [1.82, 2.24) is 0 Å². The molecule has 1 aliphatic heterocycles. The summed E-state index contributed by atoms with van der Waals surface area (Å²) in [6.07, 6.45) is 1.38. The normalized spacial score (nSPS) is 16.2. The van der Waals surface area contributed by atoms with Gasteiger partial charge in [-0.1, -0.05) is 46.3 Å². The van der Waals surface area contributed by atoms with E-state index in [1.807, 2.05) is 54.6 Å². The molecule has 3 rings (SSSR count). The Morgan fingerprint density at radius 1 is 1.08 bits per heavy atom. The smallest absolute Gasteiger partial charge is 0.235 e. The van der Waals surface area contributed by atoms with Gasteiger partial charge in [0, 0.05) is 24.2 Å². The number of carbonyl (C=O) groups is 1. The summed E-state index contributed by atoms with van der Waals surface area (Å²) in [7, 11) is 0. The van der Waals surface area contributed by atoms with E-state index >= 15 is 0 Å². The summed E-state index contributed by atoms with van der Waals surface area (Å²) in [6.45, 7) is 1.81. The van der Waals surface area contributed by atoms with E-state index in [1.165, 1.54) is 0 Å². The van der Waals surface area contributed by atoms with E-state index in [-0.39, 0.29) is 5.91 Å². The zero-order valence-electron chi connectivity index (χ0n) is 14.0. The van der Waals surface area contributed by atoms with Crippen LogP contribution >= 0.6 is 15.9 Å². The lowest BCUT2D eigenvalue weighted by Crippen LogP contribution is -2.44. The van der Waals surface area contributed by atoms with Crippen molar-refractivity contribution in [2.75, 3.05) is 30.5 Å². The van der Waals surface area contributed by atoms with Crippen molar-refractivity contribution in [3.63, 3.8) is 0 Å². The lowest BCUT2D eigenvalue weighted by Gasteiger charge is -2.36. The molecule has 5 heteroatoms. The fraction of sp³-hybridized carbons (Fsp3) is 0.350. The van der Waals surface area contributed by atoms with Crippen molar-refractivity contribution in [2.45, 2.75) is 18.3 Å². The second kappa shape index (κ2) is 8.50. The lowest BCUT2D eigenvalue weighted by molar-refractivity contribution is -0.125. The Kier molecular flexibility index (Phi) is 6.10. The molecule has 25 heavy (non-hydrogen) atoms. The van der Waals surface area contributed by atoms with Crippen LogP contribution in [0.2, 0.25) is 0 Å². The molecule has 0 aromatic heterocycles. The average molecular weight is 404 g/mol. The predicted octanol–water partition coefficient (Wildman–Crippen LogP) is 4.15. The minimum atomic E-state index is -0.537. The minimum Gasteiger partial charge on any atom is -0.493 e. The third-order valence-electron chi connectivity index (χ3n) is 4.57. The topological polar surface area (TPSA) is 47.6 Å². The van der Waals surface area contributed by atoms with Gasteiger partial charge in [-0.05, 0) is 42.7 Å². The van der Waals surface area contributed by atoms with Gasteiger partial charge in [0.05, 0.1) is 12.0 Å². The molecule has 1 saturated heterocycles. The number of nitrogens with one attached hydrogen (secondary N) is 1. The molecular weight excluding hydrogens is 382 g/mol. The molecule has 1 fully saturated rings. The second-order valence-electron chi connectivity index (χ2n) is 6.08. The van der Waals surface area contributed by atoms with Gasteiger partial charge in [0.1, 0.15) is 5.75 Å². The Morgan fingerprint density at radius 3 is 2.40 bits per heavy atom. The van der Waals surface area contributed by atoms with Crippen LogP contribution in [0, 0.1) is 0 Å². The summed E-state index contributed by atoms with van der Waals surface area (Å²) in [6, 6.07) is 17.5. The molecule has 4 nitrogen and oxygen atoms in total. The SMILES string of the molecule is O=C(Nc1ccc(OCCBr)cc1)C1(c2ccccc2)CCOCC1. The van der Waals surface area contributed by atoms with Crippen molar-refractivity contribution in [3.05, 3.63) is 60.2 Å². The quantitative estimate of drug-likeness (QED) is 0.736. The van der Waals surface area contributed by atoms with Gasteiger partial charge in [0.15, 0.2) is 0 Å². The molecular formula is C20H22BrNO3. The summed E-state index contributed by atoms with van der Waals surface area (Å²) in [5.41, 5.74) is 1.29. The van der Waals surface area contributed by atoms with Gasteiger partial charge >= 0.3 is 0 Å². The first-order valence-corrected chi connectivity index (χ1v) is 9.60. The number of rotatable bonds is 6. The van der Waals surface area contributed by atoms with E-state index in [9.17, 15) is 4.79 Å². The van der Waals surface area contributed by atoms with Gasteiger partial charge in [-0.2, -0.15) is 0 Å². The van der Waals surface area contributed by atoms with Gasteiger partial charge in [-0.25, -0.2) is 0 Å². The van der Waals surface area contributed by atoms with Crippen molar-refractivity contribution < 1.29 is 14.3 Å². The lowest BCUT2D eigenvalue weighted by atomic mass is 9.73. The maximum absolute atomic E-state index is 13.1. The van der Waals surface area contributed by atoms with Crippen LogP contribution in [0.15, 0.2) is 54.6 Å². The van der Waals surface area contributed by atoms with Crippen molar-refractivity contribution in [1.29, 1.82) is 0 Å². The Labute approximate surface area is 156 Å². The number of ether oxygens (including phenoxy) is 2. The fourth-order valence-electron chi connectivity index (χ4n) is 3.17. The Morgan fingerprint density at radius 2 is 1.76 bits per heavy atom. The van der Waals surface area contributed by atoms with Gasteiger partial charge in [0.25, 0.3) is 0 Å². The molecule has 2 aromatic carbocycles. The highest BCUT2D eigenvalue weighted by atomic mass is 79.9. The number of alkyl halides is 1. The van der Waals surface area contributed by atoms with Crippen LogP contribution in [0.3, 0.4) is 0 Å². The molecule has 0 bridgehead atoms. The predicted molar refractivity (Wildman–Crippen MR) is 103 cm³/mol. The van der Waals surface area contributed by atoms with Crippen LogP contribution in [0.4, 0.5) is 5.69 Å². The summed E-state index contributed by atoms with van der Waals surface area (Å²) in [5, 5.41) is 3.86. The zero-order chi connectivity index (χ0) is 17.5. The first kappa shape index (κ1) is 18.0. The van der Waals surface area contributed by atoms with E-state index in [1.54, 1.807) is 0 Å². The molecule has 0 aliphatic carbocycles. The summed E-state index contributed by atoms with van der Waals surface area (Å²) >= 11 is 3.33. The first-order valence-electron chi connectivity index (χ1n) is 8.48. The van der Waals surface area contributed by atoms with Gasteiger partial charge in [0.2, 0.25) is 5.91 Å². The number of halogens is 1. The Bertz CT molecular complexity index is 682. The van der Waals surface area contributed by atoms with Crippen LogP contribution in [-0.4, -0.2) is 31.1 Å². The molecule has 132 valence electrons. The van der Waals surface area contributed by atoms with E-state index in [0.717, 1.165) is 22.3 Å². The number of hydrogen-bond donors (Lipinski definition) is 1. The third-order valence-corrected chi connectivity index (χ3v) is 4.89. The molecule has 0 spiro atoms. The average Bonchev–Trinajstić information content (AvgIpc) is 2.68. The van der Waals surface area contributed by atoms with Crippen LogP contribution in [0.1, 0.15) is 18.4 Å². The molecule has 1 amide bonds. The summed E-state index contributed by atoms with van der Waals surface area (Å²) in [4.78, 5) is 13.1. The zero-order valence-corrected chi connectivity index (χ0v) is 15.6. The summed E-state index contributed by atoms with van der Waals surface area (Å²) in [5.74, 6) is 0.817. The van der Waals surface area contributed by atoms with E-state index in [2.05, 4.69) is 21.2 Å². The number of benzene rings is 2. The highest BCUT2D eigenvalue weighted by Crippen LogP contribution is 2.36. The molecule has 1 aliphatic rings. The van der Waals surface area contributed by atoms with E-state index in [4.69, 9.17) is 9.47 Å². The van der Waals surface area contributed by atoms with E-state index in [0.29, 0.717) is 32.7 Å². The Hall–Kier alpha value is -1.85. The third kappa shape index (κ3) is 4.22. The molecule has 1 N–H and O–H groups in total. The minimum absolute atomic E-state index is 0.0242. The first-order chi connectivity index (χ1) is 12.2. The molecule has 1 heterocycles. The van der Waals surface area contributed by atoms with Crippen molar-refractivity contribution in [2.24, 2.45) is 0 Å². The highest BCUT2D eigenvalue weighted by molar-refractivity contribution is 9.09. The van der Waals surface area contributed by atoms with Gasteiger partial charge in [-0.15, -0.1) is 0 Å². The number of carbonyl (C=O) groups excluding carboxylic acids is 1. The van der Waals surface area contributed by atoms with Crippen LogP contribution in [0.5, 0.6) is 5.75 Å². The molecule has 2 aromatic rings. The van der Waals surface area contributed by atoms with Gasteiger partial charge in [-0.3, -0.25) is 4.79 Å². The maximum atomic E-state index is 13.1.